The highest BCUT2D eigenvalue weighted by molar-refractivity contribution is 5.76. The number of hydrogen-bond acceptors (Lipinski definition) is 8. The van der Waals surface area contributed by atoms with Crippen LogP contribution < -0.4 is 5.32 Å². The van der Waals surface area contributed by atoms with Gasteiger partial charge in [-0.25, -0.2) is 0 Å². The second kappa shape index (κ2) is 33.9. The molecule has 1 rings (SSSR count). The van der Waals surface area contributed by atoms with Crippen molar-refractivity contribution in [2.75, 3.05) is 13.2 Å². The fraction of sp³-hybridized carbons (Fsp3) is 0.837. The summed E-state index contributed by atoms with van der Waals surface area (Å²) >= 11 is 0. The first-order valence-corrected chi connectivity index (χ1v) is 21.2. The Morgan fingerprint density at radius 2 is 1.13 bits per heavy atom. The highest BCUT2D eigenvalue weighted by Crippen LogP contribution is 2.22. The predicted molar refractivity (Wildman–Crippen MR) is 212 cm³/mol. The van der Waals surface area contributed by atoms with Gasteiger partial charge in [0.05, 0.1) is 25.4 Å². The van der Waals surface area contributed by atoms with Crippen molar-refractivity contribution < 1.29 is 39.8 Å². The number of carbonyl (C=O) groups excluding carboxylic acids is 1. The SMILES string of the molecule is CCCCC/C=C\C/C=C\CCCCCCCC(=O)NC(COC1OC(CO)C(O)C(O)C1O)C(O)/C=C/CCCCCCCCCCCCCC. The number of aliphatic hydroxyl groups excluding tert-OH is 5. The van der Waals surface area contributed by atoms with Crippen LogP contribution in [0.2, 0.25) is 0 Å². The molecule has 7 atom stereocenters. The Balaban J connectivity index is 2.43. The molecule has 6 N–H and O–H groups in total. The summed E-state index contributed by atoms with van der Waals surface area (Å²) in [4.78, 5) is 12.9. The molecule has 0 aromatic rings. The summed E-state index contributed by atoms with van der Waals surface area (Å²) in [6.07, 6.45) is 33.2. The molecule has 1 amide bonds. The van der Waals surface area contributed by atoms with Crippen LogP contribution in [0.1, 0.15) is 174 Å². The van der Waals surface area contributed by atoms with E-state index in [1.165, 1.54) is 89.9 Å². The van der Waals surface area contributed by atoms with E-state index in [9.17, 15) is 30.3 Å². The molecule has 7 unspecified atom stereocenters. The van der Waals surface area contributed by atoms with Crippen LogP contribution in [0, 0.1) is 0 Å². The minimum absolute atomic E-state index is 0.193. The van der Waals surface area contributed by atoms with Crippen molar-refractivity contribution in [2.45, 2.75) is 217 Å². The van der Waals surface area contributed by atoms with Crippen molar-refractivity contribution in [3.63, 3.8) is 0 Å². The van der Waals surface area contributed by atoms with Gasteiger partial charge in [0.1, 0.15) is 24.4 Å². The Kier molecular flexibility index (Phi) is 31.6. The lowest BCUT2D eigenvalue weighted by atomic mass is 9.99. The average Bonchev–Trinajstić information content (AvgIpc) is 3.14. The molecule has 0 aromatic heterocycles. The molecule has 0 aliphatic carbocycles. The van der Waals surface area contributed by atoms with Gasteiger partial charge in [0, 0.05) is 6.42 Å². The van der Waals surface area contributed by atoms with Crippen LogP contribution in [-0.4, -0.2) is 87.5 Å². The maximum atomic E-state index is 12.9. The first-order valence-electron chi connectivity index (χ1n) is 21.2. The van der Waals surface area contributed by atoms with Crippen LogP contribution >= 0.6 is 0 Å². The molecule has 1 heterocycles. The first kappa shape index (κ1) is 48.4. The van der Waals surface area contributed by atoms with Crippen LogP contribution in [-0.2, 0) is 14.3 Å². The van der Waals surface area contributed by atoms with E-state index in [0.717, 1.165) is 64.2 Å². The number of unbranched alkanes of at least 4 members (excludes halogenated alkanes) is 20. The number of allylic oxidation sites excluding steroid dienone is 5. The van der Waals surface area contributed by atoms with Crippen LogP contribution in [0.3, 0.4) is 0 Å². The summed E-state index contributed by atoms with van der Waals surface area (Å²) < 4.78 is 11.2. The van der Waals surface area contributed by atoms with Gasteiger partial charge in [-0.1, -0.05) is 153 Å². The van der Waals surface area contributed by atoms with E-state index in [-0.39, 0.29) is 12.5 Å². The zero-order valence-corrected chi connectivity index (χ0v) is 33.1. The molecular weight excluding hydrogens is 658 g/mol. The molecule has 304 valence electrons. The van der Waals surface area contributed by atoms with E-state index in [2.05, 4.69) is 43.5 Å². The highest BCUT2D eigenvalue weighted by atomic mass is 16.7. The first-order chi connectivity index (χ1) is 25.3. The van der Waals surface area contributed by atoms with Crippen molar-refractivity contribution >= 4 is 5.91 Å². The van der Waals surface area contributed by atoms with Crippen molar-refractivity contribution in [1.82, 2.24) is 5.32 Å². The van der Waals surface area contributed by atoms with Gasteiger partial charge in [-0.15, -0.1) is 0 Å². The standard InChI is InChI=1S/C43H79NO8/c1-3-5-7-9-11-13-15-17-19-21-23-25-27-29-31-33-39(47)44-36(35-51-43-42(50)41(49)40(48)38(34-45)52-43)37(46)32-30-28-26-24-22-20-18-16-14-12-10-8-6-4-2/h11,13,17,19,30,32,36-38,40-43,45-46,48-50H,3-10,12,14-16,18,20-29,31,33-35H2,1-2H3,(H,44,47)/b13-11-,19-17-,32-30+. The van der Waals surface area contributed by atoms with E-state index in [1.807, 2.05) is 6.08 Å². The van der Waals surface area contributed by atoms with E-state index in [4.69, 9.17) is 9.47 Å². The number of carbonyl (C=O) groups is 1. The van der Waals surface area contributed by atoms with Gasteiger partial charge >= 0.3 is 0 Å². The third-order valence-corrected chi connectivity index (χ3v) is 9.96. The van der Waals surface area contributed by atoms with Crippen LogP contribution in [0.25, 0.3) is 0 Å². The highest BCUT2D eigenvalue weighted by Gasteiger charge is 2.44. The minimum Gasteiger partial charge on any atom is -0.394 e. The van der Waals surface area contributed by atoms with Gasteiger partial charge in [-0.05, 0) is 51.4 Å². The maximum Gasteiger partial charge on any atom is 0.220 e. The molecule has 1 aliphatic rings. The molecule has 9 heteroatoms. The third kappa shape index (κ3) is 24.7. The Morgan fingerprint density at radius 3 is 1.69 bits per heavy atom. The second-order valence-electron chi connectivity index (χ2n) is 14.8. The summed E-state index contributed by atoms with van der Waals surface area (Å²) in [5.74, 6) is -0.193. The van der Waals surface area contributed by atoms with Gasteiger partial charge < -0.3 is 40.3 Å². The summed E-state index contributed by atoms with van der Waals surface area (Å²) in [5, 5.41) is 54.0. The molecule has 52 heavy (non-hydrogen) atoms. The number of amides is 1. The largest absolute Gasteiger partial charge is 0.394 e. The summed E-state index contributed by atoms with van der Waals surface area (Å²) in [6.45, 7) is 3.72. The lowest BCUT2D eigenvalue weighted by Gasteiger charge is -2.40. The fourth-order valence-corrected chi connectivity index (χ4v) is 6.48. The summed E-state index contributed by atoms with van der Waals surface area (Å²) in [6, 6.07) is -0.809. The van der Waals surface area contributed by atoms with Crippen LogP contribution in [0.15, 0.2) is 36.5 Å². The molecule has 0 bridgehead atoms. The molecule has 1 aliphatic heterocycles. The van der Waals surface area contributed by atoms with Gasteiger partial charge in [-0.2, -0.15) is 0 Å². The maximum absolute atomic E-state index is 12.9. The van der Waals surface area contributed by atoms with Gasteiger partial charge in [0.25, 0.3) is 0 Å². The number of nitrogens with one attached hydrogen (secondary N) is 1. The lowest BCUT2D eigenvalue weighted by Crippen LogP contribution is -2.60. The summed E-state index contributed by atoms with van der Waals surface area (Å²) in [7, 11) is 0. The molecule has 1 saturated heterocycles. The third-order valence-electron chi connectivity index (χ3n) is 9.96. The Morgan fingerprint density at radius 1 is 0.654 bits per heavy atom. The quantitative estimate of drug-likeness (QED) is 0.0287. The number of rotatable bonds is 34. The normalized spacial score (nSPS) is 22.2. The number of hydrogen-bond donors (Lipinski definition) is 6. The van der Waals surface area contributed by atoms with Crippen LogP contribution in [0.4, 0.5) is 0 Å². The Hall–Kier alpha value is -1.59. The molecule has 0 spiro atoms. The zero-order valence-electron chi connectivity index (χ0n) is 33.1. The van der Waals surface area contributed by atoms with Crippen molar-refractivity contribution in [2.24, 2.45) is 0 Å². The van der Waals surface area contributed by atoms with E-state index >= 15 is 0 Å². The number of aliphatic hydroxyl groups is 5. The molecule has 1 fully saturated rings. The topological polar surface area (TPSA) is 149 Å². The van der Waals surface area contributed by atoms with Gasteiger partial charge in [0.2, 0.25) is 5.91 Å². The van der Waals surface area contributed by atoms with E-state index < -0.39 is 49.5 Å². The lowest BCUT2D eigenvalue weighted by molar-refractivity contribution is -0.302. The molecule has 0 saturated carbocycles. The zero-order chi connectivity index (χ0) is 38.1. The Labute approximate surface area is 317 Å². The summed E-state index contributed by atoms with van der Waals surface area (Å²) in [5.41, 5.74) is 0. The van der Waals surface area contributed by atoms with E-state index in [0.29, 0.717) is 6.42 Å². The smallest absolute Gasteiger partial charge is 0.220 e. The van der Waals surface area contributed by atoms with Crippen molar-refractivity contribution in [1.29, 1.82) is 0 Å². The average molecular weight is 738 g/mol. The second-order valence-corrected chi connectivity index (χ2v) is 14.8. The molecular formula is C43H79NO8. The van der Waals surface area contributed by atoms with Gasteiger partial charge in [0.15, 0.2) is 6.29 Å². The van der Waals surface area contributed by atoms with Gasteiger partial charge in [-0.3, -0.25) is 4.79 Å². The van der Waals surface area contributed by atoms with Crippen LogP contribution in [0.5, 0.6) is 0 Å². The number of ether oxygens (including phenoxy) is 2. The molecule has 9 nitrogen and oxygen atoms in total. The predicted octanol–water partition coefficient (Wildman–Crippen LogP) is 8.11. The minimum atomic E-state index is -1.57. The monoisotopic (exact) mass is 738 g/mol. The van der Waals surface area contributed by atoms with Crippen molar-refractivity contribution in [3.8, 4) is 0 Å². The fourth-order valence-electron chi connectivity index (χ4n) is 6.48. The molecule has 0 aromatic carbocycles. The van der Waals surface area contributed by atoms with E-state index in [1.54, 1.807) is 6.08 Å². The molecule has 0 radical (unpaired) electrons. The Bertz CT molecular complexity index is 910. The van der Waals surface area contributed by atoms with Crippen molar-refractivity contribution in [3.05, 3.63) is 36.5 Å².